The summed E-state index contributed by atoms with van der Waals surface area (Å²) in [6.45, 7) is 3.47. The minimum Gasteiger partial charge on any atom is -0.348 e. The average molecular weight is 406 g/mol. The van der Waals surface area contributed by atoms with E-state index in [2.05, 4.69) is 30.1 Å². The fraction of sp³-hybridized carbons (Fsp3) is 0.480. The largest absolute Gasteiger partial charge is 0.348 e. The van der Waals surface area contributed by atoms with Crippen LogP contribution in [0, 0.1) is 17.3 Å². The fourth-order valence-corrected chi connectivity index (χ4v) is 4.84. The topological polar surface area (TPSA) is 53.5 Å². The van der Waals surface area contributed by atoms with E-state index in [0.717, 1.165) is 23.1 Å². The van der Waals surface area contributed by atoms with Crippen molar-refractivity contribution in [2.24, 2.45) is 17.3 Å². The number of hydrogen-bond acceptors (Lipinski definition) is 3. The summed E-state index contributed by atoms with van der Waals surface area (Å²) in [5.41, 5.74) is 2.88. The van der Waals surface area contributed by atoms with Crippen LogP contribution in [0.15, 0.2) is 48.8 Å². The van der Waals surface area contributed by atoms with Crippen LogP contribution >= 0.6 is 0 Å². The molecular formula is C25H31N3O2. The van der Waals surface area contributed by atoms with Crippen LogP contribution < -0.4 is 0 Å². The average Bonchev–Trinajstić information content (AvgIpc) is 3.50. The lowest BCUT2D eigenvalue weighted by molar-refractivity contribution is -0.146. The lowest BCUT2D eigenvalue weighted by Gasteiger charge is -2.42. The maximum atomic E-state index is 13.4. The second kappa shape index (κ2) is 8.21. The molecule has 0 N–H and O–H groups in total. The molecule has 5 nitrogen and oxygen atoms in total. The summed E-state index contributed by atoms with van der Waals surface area (Å²) in [5.74, 6) is 1.16. The van der Waals surface area contributed by atoms with Gasteiger partial charge in [0.15, 0.2) is 0 Å². The first kappa shape index (κ1) is 20.6. The molecule has 2 amide bonds. The highest BCUT2D eigenvalue weighted by Crippen LogP contribution is 2.43. The normalized spacial score (nSPS) is 22.4. The number of nitrogens with zero attached hydrogens (tertiary/aromatic N) is 3. The predicted molar refractivity (Wildman–Crippen MR) is 118 cm³/mol. The quantitative estimate of drug-likeness (QED) is 0.763. The monoisotopic (exact) mass is 405 g/mol. The van der Waals surface area contributed by atoms with Crippen molar-refractivity contribution in [2.45, 2.75) is 32.6 Å². The van der Waals surface area contributed by atoms with Gasteiger partial charge in [0, 0.05) is 51.1 Å². The van der Waals surface area contributed by atoms with Gasteiger partial charge in [-0.05, 0) is 48.8 Å². The van der Waals surface area contributed by atoms with Crippen molar-refractivity contribution < 1.29 is 9.59 Å². The molecule has 0 spiro atoms. The van der Waals surface area contributed by atoms with Crippen LogP contribution in [0.3, 0.4) is 0 Å². The zero-order chi connectivity index (χ0) is 21.3. The van der Waals surface area contributed by atoms with E-state index >= 15 is 0 Å². The molecule has 4 rings (SSSR count). The summed E-state index contributed by atoms with van der Waals surface area (Å²) >= 11 is 0. The van der Waals surface area contributed by atoms with E-state index in [4.69, 9.17) is 0 Å². The minimum absolute atomic E-state index is 0.162. The summed E-state index contributed by atoms with van der Waals surface area (Å²) in [6, 6.07) is 12.3. The number of carbonyl (C=O) groups excluding carboxylic acids is 2. The molecule has 1 aliphatic carbocycles. The van der Waals surface area contributed by atoms with Crippen molar-refractivity contribution in [1.29, 1.82) is 0 Å². The molecule has 1 aromatic carbocycles. The van der Waals surface area contributed by atoms with Gasteiger partial charge in [0.05, 0.1) is 5.41 Å². The molecule has 2 aromatic rings. The van der Waals surface area contributed by atoms with Crippen LogP contribution in [-0.2, 0) is 16.0 Å². The summed E-state index contributed by atoms with van der Waals surface area (Å²) in [4.78, 5) is 34.0. The van der Waals surface area contributed by atoms with Crippen molar-refractivity contribution in [3.05, 3.63) is 54.4 Å². The molecule has 0 unspecified atom stereocenters. The third kappa shape index (κ3) is 3.98. The Kier molecular flexibility index (Phi) is 5.63. The number of pyridine rings is 1. The smallest absolute Gasteiger partial charge is 0.228 e. The standard InChI is InChI=1S/C25H31N3O2/c1-18-15-22(18)23(29)28-13-10-25(11-14-28,24(30)27(2)3)16-19-7-4-5-9-21(19)20-8-6-12-26-17-20/h4-9,12,17-18,22H,10-11,13-16H2,1-3H3/t18-,22-/m1/s1. The molecule has 1 aliphatic heterocycles. The van der Waals surface area contributed by atoms with Crippen LogP contribution in [0.25, 0.3) is 11.1 Å². The van der Waals surface area contributed by atoms with Gasteiger partial charge in [0.25, 0.3) is 0 Å². The van der Waals surface area contributed by atoms with E-state index in [1.54, 1.807) is 11.1 Å². The number of rotatable bonds is 5. The van der Waals surface area contributed by atoms with Crippen LogP contribution in [0.2, 0.25) is 0 Å². The molecule has 0 radical (unpaired) electrons. The summed E-state index contributed by atoms with van der Waals surface area (Å²) in [7, 11) is 3.67. The van der Waals surface area contributed by atoms with E-state index < -0.39 is 5.41 Å². The van der Waals surface area contributed by atoms with Crippen molar-refractivity contribution >= 4 is 11.8 Å². The lowest BCUT2D eigenvalue weighted by Crippen LogP contribution is -2.51. The zero-order valence-electron chi connectivity index (χ0n) is 18.2. The number of amides is 2. The molecule has 1 aromatic heterocycles. The third-order valence-electron chi connectivity index (χ3n) is 6.84. The van der Waals surface area contributed by atoms with Gasteiger partial charge in [0.2, 0.25) is 11.8 Å². The maximum absolute atomic E-state index is 13.4. The fourth-order valence-electron chi connectivity index (χ4n) is 4.84. The number of hydrogen-bond donors (Lipinski definition) is 0. The Morgan fingerprint density at radius 2 is 1.83 bits per heavy atom. The highest BCUT2D eigenvalue weighted by atomic mass is 16.2. The Morgan fingerprint density at radius 3 is 2.43 bits per heavy atom. The molecule has 2 heterocycles. The van der Waals surface area contributed by atoms with Crippen molar-refractivity contribution in [1.82, 2.24) is 14.8 Å². The van der Waals surface area contributed by atoms with E-state index in [0.29, 0.717) is 38.3 Å². The SMILES string of the molecule is C[C@@H]1C[C@H]1C(=O)N1CCC(Cc2ccccc2-c2cccnc2)(C(=O)N(C)C)CC1. The Bertz CT molecular complexity index is 917. The molecule has 2 atom stereocenters. The molecule has 0 bridgehead atoms. The highest BCUT2D eigenvalue weighted by Gasteiger charge is 2.47. The van der Waals surface area contributed by atoms with Gasteiger partial charge in [0.1, 0.15) is 0 Å². The van der Waals surface area contributed by atoms with Gasteiger partial charge < -0.3 is 9.80 Å². The Hall–Kier alpha value is -2.69. The lowest BCUT2D eigenvalue weighted by atomic mass is 9.71. The van der Waals surface area contributed by atoms with Crippen molar-refractivity contribution in [2.75, 3.05) is 27.2 Å². The molecular weight excluding hydrogens is 374 g/mol. The number of likely N-dealkylation sites (tertiary alicyclic amines) is 1. The van der Waals surface area contributed by atoms with E-state index in [9.17, 15) is 9.59 Å². The highest BCUT2D eigenvalue weighted by molar-refractivity contribution is 5.85. The van der Waals surface area contributed by atoms with E-state index in [-0.39, 0.29) is 17.7 Å². The number of aromatic nitrogens is 1. The van der Waals surface area contributed by atoms with Gasteiger partial charge in [-0.2, -0.15) is 0 Å². The Labute approximate surface area is 179 Å². The van der Waals surface area contributed by atoms with Crippen LogP contribution in [0.5, 0.6) is 0 Å². The minimum atomic E-state index is -0.478. The molecule has 1 saturated carbocycles. The maximum Gasteiger partial charge on any atom is 0.228 e. The van der Waals surface area contributed by atoms with Crippen LogP contribution in [-0.4, -0.2) is 53.8 Å². The molecule has 1 saturated heterocycles. The Balaban J connectivity index is 1.59. The predicted octanol–water partition coefficient (Wildman–Crippen LogP) is 3.64. The van der Waals surface area contributed by atoms with Crippen LogP contribution in [0.4, 0.5) is 0 Å². The van der Waals surface area contributed by atoms with Crippen LogP contribution in [0.1, 0.15) is 31.7 Å². The number of piperidine rings is 1. The van der Waals surface area contributed by atoms with E-state index in [1.165, 1.54) is 0 Å². The second-order valence-electron chi connectivity index (χ2n) is 9.20. The second-order valence-corrected chi connectivity index (χ2v) is 9.20. The molecule has 2 fully saturated rings. The first-order valence-corrected chi connectivity index (χ1v) is 10.9. The molecule has 158 valence electrons. The number of benzene rings is 1. The van der Waals surface area contributed by atoms with Gasteiger partial charge in [-0.15, -0.1) is 0 Å². The van der Waals surface area contributed by atoms with E-state index in [1.807, 2.05) is 43.4 Å². The molecule has 30 heavy (non-hydrogen) atoms. The first-order chi connectivity index (χ1) is 14.4. The van der Waals surface area contributed by atoms with Gasteiger partial charge >= 0.3 is 0 Å². The van der Waals surface area contributed by atoms with Gasteiger partial charge in [-0.3, -0.25) is 14.6 Å². The summed E-state index contributed by atoms with van der Waals surface area (Å²) in [6.07, 6.45) is 6.75. The first-order valence-electron chi connectivity index (χ1n) is 10.9. The zero-order valence-corrected chi connectivity index (χ0v) is 18.2. The Morgan fingerprint density at radius 1 is 1.13 bits per heavy atom. The van der Waals surface area contributed by atoms with Crippen molar-refractivity contribution in [3.63, 3.8) is 0 Å². The third-order valence-corrected chi connectivity index (χ3v) is 6.84. The number of carbonyl (C=O) groups is 2. The van der Waals surface area contributed by atoms with Gasteiger partial charge in [-0.25, -0.2) is 0 Å². The summed E-state index contributed by atoms with van der Waals surface area (Å²) < 4.78 is 0. The van der Waals surface area contributed by atoms with Crippen molar-refractivity contribution in [3.8, 4) is 11.1 Å². The summed E-state index contributed by atoms with van der Waals surface area (Å²) in [5, 5.41) is 0. The van der Waals surface area contributed by atoms with Gasteiger partial charge in [-0.1, -0.05) is 37.3 Å². The molecule has 5 heteroatoms. The molecule has 2 aliphatic rings.